The number of rotatable bonds is 1. The van der Waals surface area contributed by atoms with Gasteiger partial charge in [0.05, 0.1) is 0 Å². The summed E-state index contributed by atoms with van der Waals surface area (Å²) in [6.07, 6.45) is 6.23. The van der Waals surface area contributed by atoms with E-state index >= 15 is 0 Å². The van der Waals surface area contributed by atoms with Crippen LogP contribution < -0.4 is 5.32 Å². The van der Waals surface area contributed by atoms with E-state index in [1.54, 1.807) is 0 Å². The molecule has 20 heavy (non-hydrogen) atoms. The van der Waals surface area contributed by atoms with E-state index in [0.717, 1.165) is 37.8 Å². The topological polar surface area (TPSA) is 32.3 Å². The number of hydrogen-bond donors (Lipinski definition) is 1. The zero-order valence-corrected chi connectivity index (χ0v) is 13.5. The number of likely N-dealkylation sites (tertiary alicyclic amines) is 1. The van der Waals surface area contributed by atoms with Gasteiger partial charge in [-0.2, -0.15) is 0 Å². The third-order valence-corrected chi connectivity index (χ3v) is 6.61. The first kappa shape index (κ1) is 14.2. The monoisotopic (exact) mass is 278 g/mol. The summed E-state index contributed by atoms with van der Waals surface area (Å²) < 4.78 is 0. The molecule has 2 bridgehead atoms. The maximum absolute atomic E-state index is 12.6. The molecule has 3 heteroatoms. The summed E-state index contributed by atoms with van der Waals surface area (Å²) >= 11 is 0. The summed E-state index contributed by atoms with van der Waals surface area (Å²) in [5.41, 5.74) is 0.582. The Hall–Kier alpha value is -0.730. The number of hydrogen-bond acceptors (Lipinski definition) is 1. The number of fused-ring (bicyclic) bond motifs is 2. The molecule has 2 saturated carbocycles. The highest BCUT2D eigenvalue weighted by atomic mass is 16.2. The van der Waals surface area contributed by atoms with Gasteiger partial charge in [0.2, 0.25) is 0 Å². The number of carbonyl (C=O) groups excluding carboxylic acids is 1. The molecular formula is C17H30N2O. The Morgan fingerprint density at radius 2 is 1.80 bits per heavy atom. The minimum absolute atomic E-state index is 0.184. The third kappa shape index (κ3) is 2.14. The van der Waals surface area contributed by atoms with Gasteiger partial charge in [-0.1, -0.05) is 27.7 Å². The van der Waals surface area contributed by atoms with E-state index in [1.807, 2.05) is 4.90 Å². The second-order valence-corrected chi connectivity index (χ2v) is 8.47. The zero-order valence-electron chi connectivity index (χ0n) is 13.5. The van der Waals surface area contributed by atoms with Crippen molar-refractivity contribution in [3.63, 3.8) is 0 Å². The van der Waals surface area contributed by atoms with Gasteiger partial charge >= 0.3 is 6.03 Å². The Morgan fingerprint density at radius 3 is 2.35 bits per heavy atom. The quantitative estimate of drug-likeness (QED) is 0.780. The molecule has 3 rings (SSSR count). The van der Waals surface area contributed by atoms with Crippen molar-refractivity contribution in [1.82, 2.24) is 10.2 Å². The van der Waals surface area contributed by atoms with E-state index in [1.165, 1.54) is 19.3 Å². The highest BCUT2D eigenvalue weighted by molar-refractivity contribution is 5.75. The van der Waals surface area contributed by atoms with E-state index < -0.39 is 0 Å². The van der Waals surface area contributed by atoms with Crippen LogP contribution in [0, 0.1) is 22.7 Å². The maximum atomic E-state index is 12.6. The summed E-state index contributed by atoms with van der Waals surface area (Å²) in [5.74, 6) is 1.56. The molecule has 0 spiro atoms. The van der Waals surface area contributed by atoms with Gasteiger partial charge < -0.3 is 10.2 Å². The fraction of sp³-hybridized carbons (Fsp3) is 0.941. The first-order valence-corrected chi connectivity index (χ1v) is 8.38. The van der Waals surface area contributed by atoms with Gasteiger partial charge in [-0.25, -0.2) is 4.79 Å². The first-order chi connectivity index (χ1) is 9.33. The summed E-state index contributed by atoms with van der Waals surface area (Å²) in [6, 6.07) is 0.532. The molecule has 0 aromatic carbocycles. The summed E-state index contributed by atoms with van der Waals surface area (Å²) in [6.45, 7) is 11.2. The van der Waals surface area contributed by atoms with Crippen LogP contribution in [-0.2, 0) is 0 Å². The Morgan fingerprint density at radius 1 is 1.15 bits per heavy atom. The molecule has 3 atom stereocenters. The molecule has 2 amide bonds. The van der Waals surface area contributed by atoms with Gasteiger partial charge in [-0.3, -0.25) is 0 Å². The second kappa shape index (κ2) is 4.64. The van der Waals surface area contributed by atoms with Crippen LogP contribution in [-0.4, -0.2) is 30.1 Å². The van der Waals surface area contributed by atoms with Gasteiger partial charge in [-0.15, -0.1) is 0 Å². The van der Waals surface area contributed by atoms with E-state index in [0.29, 0.717) is 11.5 Å². The Balaban J connectivity index is 1.67. The molecule has 3 unspecified atom stereocenters. The molecule has 1 heterocycles. The van der Waals surface area contributed by atoms with Gasteiger partial charge in [0.15, 0.2) is 0 Å². The van der Waals surface area contributed by atoms with E-state index in [9.17, 15) is 4.79 Å². The maximum Gasteiger partial charge on any atom is 0.317 e. The Kier molecular flexibility index (Phi) is 3.30. The number of nitrogens with zero attached hydrogens (tertiary/aromatic N) is 1. The molecule has 1 N–H and O–H groups in total. The third-order valence-electron chi connectivity index (χ3n) is 6.61. The fourth-order valence-electron chi connectivity index (χ4n) is 5.09. The predicted octanol–water partition coefficient (Wildman–Crippen LogP) is 3.64. The summed E-state index contributed by atoms with van der Waals surface area (Å²) in [4.78, 5) is 14.6. The number of carbonyl (C=O) groups is 1. The molecule has 114 valence electrons. The number of urea groups is 1. The molecule has 2 aliphatic carbocycles. The standard InChI is InChI=1S/C17H30N2O/c1-12-6-9-19(10-7-12)15(20)18-14-16(2,3)13-5-8-17(14,4)11-13/h12-14H,5-11H2,1-4H3,(H,18,20). The lowest BCUT2D eigenvalue weighted by atomic mass is 9.68. The predicted molar refractivity (Wildman–Crippen MR) is 81.5 cm³/mol. The van der Waals surface area contributed by atoms with E-state index in [-0.39, 0.29) is 11.4 Å². The van der Waals surface area contributed by atoms with Gasteiger partial charge in [0.25, 0.3) is 0 Å². The lowest BCUT2D eigenvalue weighted by molar-refractivity contribution is 0.100. The van der Waals surface area contributed by atoms with Crippen molar-refractivity contribution in [2.75, 3.05) is 13.1 Å². The molecule has 1 saturated heterocycles. The van der Waals surface area contributed by atoms with E-state index in [2.05, 4.69) is 33.0 Å². The highest BCUT2D eigenvalue weighted by Crippen LogP contribution is 2.62. The van der Waals surface area contributed by atoms with E-state index in [4.69, 9.17) is 0 Å². The van der Waals surface area contributed by atoms with Crippen molar-refractivity contribution in [2.45, 2.75) is 65.8 Å². The summed E-state index contributed by atoms with van der Waals surface area (Å²) in [7, 11) is 0. The van der Waals surface area contributed by atoms with Gasteiger partial charge in [-0.05, 0) is 54.8 Å². The molecule has 0 aromatic rings. The van der Waals surface area contributed by atoms with Gasteiger partial charge in [0.1, 0.15) is 0 Å². The van der Waals surface area contributed by atoms with Crippen LogP contribution in [0.25, 0.3) is 0 Å². The van der Waals surface area contributed by atoms with Gasteiger partial charge in [0, 0.05) is 19.1 Å². The average molecular weight is 278 g/mol. The molecule has 1 aliphatic heterocycles. The Labute approximate surface area is 123 Å². The minimum atomic E-state index is 0.184. The summed E-state index contributed by atoms with van der Waals surface area (Å²) in [5, 5.41) is 3.41. The second-order valence-electron chi connectivity index (χ2n) is 8.47. The normalized spacial score (nSPS) is 40.1. The molecule has 3 nitrogen and oxygen atoms in total. The molecule has 3 fully saturated rings. The lowest BCUT2D eigenvalue weighted by Gasteiger charge is -2.44. The number of piperidine rings is 1. The highest BCUT2D eigenvalue weighted by Gasteiger charge is 2.59. The van der Waals surface area contributed by atoms with Crippen molar-refractivity contribution >= 4 is 6.03 Å². The van der Waals surface area contributed by atoms with Crippen molar-refractivity contribution < 1.29 is 4.79 Å². The zero-order chi connectivity index (χ0) is 14.5. The Bertz CT molecular complexity index is 393. The molecular weight excluding hydrogens is 248 g/mol. The smallest absolute Gasteiger partial charge is 0.317 e. The van der Waals surface area contributed by atoms with Crippen LogP contribution in [0.15, 0.2) is 0 Å². The van der Waals surface area contributed by atoms with Crippen LogP contribution >= 0.6 is 0 Å². The molecule has 3 aliphatic rings. The number of amides is 2. The lowest BCUT2D eigenvalue weighted by Crippen LogP contribution is -2.56. The van der Waals surface area contributed by atoms with Crippen molar-refractivity contribution in [3.8, 4) is 0 Å². The average Bonchev–Trinajstić information content (AvgIpc) is 2.86. The van der Waals surface area contributed by atoms with Crippen molar-refractivity contribution in [3.05, 3.63) is 0 Å². The van der Waals surface area contributed by atoms with Crippen LogP contribution in [0.5, 0.6) is 0 Å². The SMILES string of the molecule is CC1CCN(C(=O)NC2C3(C)CCC(C3)C2(C)C)CC1. The largest absolute Gasteiger partial charge is 0.334 e. The molecule has 0 radical (unpaired) electrons. The first-order valence-electron chi connectivity index (χ1n) is 8.38. The molecule has 0 aromatic heterocycles. The van der Waals surface area contributed by atoms with Crippen LogP contribution in [0.4, 0.5) is 4.79 Å². The number of nitrogens with one attached hydrogen (secondary N) is 1. The van der Waals surface area contributed by atoms with Crippen LogP contribution in [0.1, 0.15) is 59.8 Å². The van der Waals surface area contributed by atoms with Crippen molar-refractivity contribution in [2.24, 2.45) is 22.7 Å². The van der Waals surface area contributed by atoms with Crippen LogP contribution in [0.2, 0.25) is 0 Å². The van der Waals surface area contributed by atoms with Crippen molar-refractivity contribution in [1.29, 1.82) is 0 Å². The minimum Gasteiger partial charge on any atom is -0.334 e. The fourth-order valence-corrected chi connectivity index (χ4v) is 5.09. The van der Waals surface area contributed by atoms with Crippen LogP contribution in [0.3, 0.4) is 0 Å².